The van der Waals surface area contributed by atoms with Crippen LogP contribution in [0.25, 0.3) is 0 Å². The quantitative estimate of drug-likeness (QED) is 0.735. The fourth-order valence-electron chi connectivity index (χ4n) is 2.22. The first-order chi connectivity index (χ1) is 10.2. The van der Waals surface area contributed by atoms with Crippen LogP contribution in [-0.4, -0.2) is 23.2 Å². The Morgan fingerprint density at radius 2 is 1.67 bits per heavy atom. The predicted molar refractivity (Wildman–Crippen MR) is 87.7 cm³/mol. The Bertz CT molecular complexity index is 566. The van der Waals surface area contributed by atoms with Crippen LogP contribution in [-0.2, 0) is 13.0 Å². The fraction of sp³-hybridized carbons (Fsp3) is 0.278. The number of carbonyl (C=O) groups excluding carboxylic acids is 1. The molecule has 0 aliphatic carbocycles. The van der Waals surface area contributed by atoms with E-state index < -0.39 is 0 Å². The summed E-state index contributed by atoms with van der Waals surface area (Å²) in [4.78, 5) is 14.4. The molecule has 0 unspecified atom stereocenters. The van der Waals surface area contributed by atoms with E-state index >= 15 is 0 Å². The molecule has 1 amide bonds. The van der Waals surface area contributed by atoms with Crippen LogP contribution in [0.5, 0.6) is 0 Å². The standard InChI is InChI=1S/C18H20ClNO/c1-2-15-8-10-17(11-9-15)18(21)20(13-12-19)14-16-6-4-3-5-7-16/h3-11H,2,12-14H2,1H3. The second-order valence-corrected chi connectivity index (χ2v) is 5.33. The van der Waals surface area contributed by atoms with Crippen molar-refractivity contribution in [2.24, 2.45) is 0 Å². The first-order valence-electron chi connectivity index (χ1n) is 7.22. The molecule has 21 heavy (non-hydrogen) atoms. The number of benzene rings is 2. The van der Waals surface area contributed by atoms with Gasteiger partial charge in [0.05, 0.1) is 0 Å². The molecule has 0 atom stereocenters. The van der Waals surface area contributed by atoms with Crippen LogP contribution in [0.1, 0.15) is 28.4 Å². The van der Waals surface area contributed by atoms with E-state index in [2.05, 4.69) is 6.92 Å². The first kappa shape index (κ1) is 15.6. The van der Waals surface area contributed by atoms with E-state index in [1.54, 1.807) is 4.90 Å². The molecule has 0 spiro atoms. The van der Waals surface area contributed by atoms with Gasteiger partial charge in [-0.25, -0.2) is 0 Å². The lowest BCUT2D eigenvalue weighted by atomic mass is 10.1. The van der Waals surface area contributed by atoms with Crippen LogP contribution in [0.2, 0.25) is 0 Å². The normalized spacial score (nSPS) is 10.4. The monoisotopic (exact) mass is 301 g/mol. The summed E-state index contributed by atoms with van der Waals surface area (Å²) in [5.74, 6) is 0.466. The van der Waals surface area contributed by atoms with Crippen molar-refractivity contribution in [2.45, 2.75) is 19.9 Å². The van der Waals surface area contributed by atoms with Gasteiger partial charge in [0.2, 0.25) is 0 Å². The molecule has 2 rings (SSSR count). The highest BCUT2D eigenvalue weighted by atomic mass is 35.5. The van der Waals surface area contributed by atoms with Gasteiger partial charge in [-0.1, -0.05) is 49.4 Å². The average molecular weight is 302 g/mol. The average Bonchev–Trinajstić information content (AvgIpc) is 2.55. The molecule has 0 saturated carbocycles. The van der Waals surface area contributed by atoms with Crippen molar-refractivity contribution in [3.63, 3.8) is 0 Å². The molecule has 0 radical (unpaired) electrons. The summed E-state index contributed by atoms with van der Waals surface area (Å²) in [6, 6.07) is 17.8. The zero-order valence-electron chi connectivity index (χ0n) is 12.3. The first-order valence-corrected chi connectivity index (χ1v) is 7.76. The minimum Gasteiger partial charge on any atom is -0.333 e. The summed E-state index contributed by atoms with van der Waals surface area (Å²) in [7, 11) is 0. The maximum absolute atomic E-state index is 12.6. The van der Waals surface area contributed by atoms with Crippen molar-refractivity contribution < 1.29 is 4.79 Å². The van der Waals surface area contributed by atoms with Crippen LogP contribution >= 0.6 is 11.6 Å². The van der Waals surface area contributed by atoms with Crippen LogP contribution < -0.4 is 0 Å². The second-order valence-electron chi connectivity index (χ2n) is 4.95. The molecule has 2 nitrogen and oxygen atoms in total. The summed E-state index contributed by atoms with van der Waals surface area (Å²) in [6.07, 6.45) is 0.976. The van der Waals surface area contributed by atoms with Gasteiger partial charge >= 0.3 is 0 Å². The Kier molecular flexibility index (Phi) is 5.82. The third-order valence-electron chi connectivity index (χ3n) is 3.47. The minimum absolute atomic E-state index is 0.0298. The molecular formula is C18H20ClNO. The summed E-state index contributed by atoms with van der Waals surface area (Å²) >= 11 is 5.85. The largest absolute Gasteiger partial charge is 0.333 e. The molecule has 3 heteroatoms. The molecule has 0 heterocycles. The molecule has 0 aromatic heterocycles. The fourth-order valence-corrected chi connectivity index (χ4v) is 2.43. The van der Waals surface area contributed by atoms with Crippen molar-refractivity contribution in [1.82, 2.24) is 4.90 Å². The summed E-state index contributed by atoms with van der Waals surface area (Å²) in [5, 5.41) is 0. The van der Waals surface area contributed by atoms with Crippen LogP contribution in [0.4, 0.5) is 0 Å². The van der Waals surface area contributed by atoms with Crippen LogP contribution in [0, 0.1) is 0 Å². The predicted octanol–water partition coefficient (Wildman–Crippen LogP) is 4.13. The van der Waals surface area contributed by atoms with Gasteiger partial charge in [-0.2, -0.15) is 0 Å². The third-order valence-corrected chi connectivity index (χ3v) is 3.64. The van der Waals surface area contributed by atoms with Crippen LogP contribution in [0.15, 0.2) is 54.6 Å². The molecular weight excluding hydrogens is 282 g/mol. The SMILES string of the molecule is CCc1ccc(C(=O)N(CCCl)Cc2ccccc2)cc1. The molecule has 0 N–H and O–H groups in total. The van der Waals surface area contributed by atoms with E-state index in [-0.39, 0.29) is 5.91 Å². The van der Waals surface area contributed by atoms with Gasteiger partial charge in [-0.3, -0.25) is 4.79 Å². The van der Waals surface area contributed by atoms with Crippen molar-refractivity contribution in [3.05, 3.63) is 71.3 Å². The number of alkyl halides is 1. The van der Waals surface area contributed by atoms with E-state index in [4.69, 9.17) is 11.6 Å². The molecule has 0 bridgehead atoms. The lowest BCUT2D eigenvalue weighted by Gasteiger charge is -2.22. The smallest absolute Gasteiger partial charge is 0.254 e. The Morgan fingerprint density at radius 3 is 2.24 bits per heavy atom. The molecule has 0 aliphatic heterocycles. The van der Waals surface area contributed by atoms with Gasteiger partial charge in [-0.05, 0) is 29.7 Å². The van der Waals surface area contributed by atoms with Gasteiger partial charge in [0, 0.05) is 24.5 Å². The lowest BCUT2D eigenvalue weighted by molar-refractivity contribution is 0.0753. The van der Waals surface area contributed by atoms with Gasteiger partial charge in [0.1, 0.15) is 0 Å². The summed E-state index contributed by atoms with van der Waals surface area (Å²) in [5.41, 5.74) is 3.06. The number of hydrogen-bond donors (Lipinski definition) is 0. The second kappa shape index (κ2) is 7.84. The summed E-state index contributed by atoms with van der Waals surface area (Å²) < 4.78 is 0. The van der Waals surface area contributed by atoms with Gasteiger partial charge < -0.3 is 4.90 Å². The van der Waals surface area contributed by atoms with E-state index in [0.29, 0.717) is 24.5 Å². The Hall–Kier alpha value is -1.80. The van der Waals surface area contributed by atoms with E-state index in [1.807, 2.05) is 54.6 Å². The van der Waals surface area contributed by atoms with E-state index in [0.717, 1.165) is 12.0 Å². The Morgan fingerprint density at radius 1 is 1.00 bits per heavy atom. The molecule has 0 fully saturated rings. The zero-order chi connectivity index (χ0) is 15.1. The number of carbonyl (C=O) groups is 1. The Balaban J connectivity index is 2.14. The Labute approximate surface area is 131 Å². The van der Waals surface area contributed by atoms with Crippen molar-refractivity contribution >= 4 is 17.5 Å². The van der Waals surface area contributed by atoms with Gasteiger partial charge in [0.15, 0.2) is 0 Å². The van der Waals surface area contributed by atoms with Crippen LogP contribution in [0.3, 0.4) is 0 Å². The highest BCUT2D eigenvalue weighted by molar-refractivity contribution is 6.18. The van der Waals surface area contributed by atoms with Gasteiger partial charge in [-0.15, -0.1) is 11.6 Å². The number of halogens is 1. The number of rotatable bonds is 6. The van der Waals surface area contributed by atoms with Gasteiger partial charge in [0.25, 0.3) is 5.91 Å². The lowest BCUT2D eigenvalue weighted by Crippen LogP contribution is -2.32. The van der Waals surface area contributed by atoms with Crippen molar-refractivity contribution in [2.75, 3.05) is 12.4 Å². The maximum atomic E-state index is 12.6. The van der Waals surface area contributed by atoms with E-state index in [9.17, 15) is 4.79 Å². The highest BCUT2D eigenvalue weighted by Crippen LogP contribution is 2.12. The van der Waals surface area contributed by atoms with Crippen molar-refractivity contribution in [1.29, 1.82) is 0 Å². The number of nitrogens with zero attached hydrogens (tertiary/aromatic N) is 1. The highest BCUT2D eigenvalue weighted by Gasteiger charge is 2.15. The zero-order valence-corrected chi connectivity index (χ0v) is 13.0. The maximum Gasteiger partial charge on any atom is 0.254 e. The third kappa shape index (κ3) is 4.33. The molecule has 0 aliphatic rings. The van der Waals surface area contributed by atoms with E-state index in [1.165, 1.54) is 5.56 Å². The number of aryl methyl sites for hydroxylation is 1. The molecule has 2 aromatic carbocycles. The molecule has 0 saturated heterocycles. The summed E-state index contributed by atoms with van der Waals surface area (Å²) in [6.45, 7) is 3.23. The number of amides is 1. The molecule has 2 aromatic rings. The number of hydrogen-bond acceptors (Lipinski definition) is 1. The minimum atomic E-state index is 0.0298. The molecule has 110 valence electrons. The van der Waals surface area contributed by atoms with Crippen molar-refractivity contribution in [3.8, 4) is 0 Å². The topological polar surface area (TPSA) is 20.3 Å².